The number of aliphatic imine (C=N–C) groups is 1. The molecule has 0 aromatic carbocycles. The van der Waals surface area contributed by atoms with Crippen molar-refractivity contribution in [3.8, 4) is 0 Å². The molecule has 6 nitrogen and oxygen atoms in total. The summed E-state index contributed by atoms with van der Waals surface area (Å²) in [6.07, 6.45) is 14.4. The molecule has 0 aliphatic heterocycles. The van der Waals surface area contributed by atoms with E-state index < -0.39 is 0 Å². The summed E-state index contributed by atoms with van der Waals surface area (Å²) < 4.78 is 8.19. The normalized spacial score (nSPS) is 16.0. The maximum Gasteiger partial charge on any atom is 0.191 e. The fourth-order valence-electron chi connectivity index (χ4n) is 3.28. The number of guanidine groups is 1. The van der Waals surface area contributed by atoms with Gasteiger partial charge in [-0.05, 0) is 32.6 Å². The Morgan fingerprint density at radius 3 is 2.58 bits per heavy atom. The summed E-state index contributed by atoms with van der Waals surface area (Å²) in [5, 5.41) is 6.71. The predicted molar refractivity (Wildman–Crippen MR) is 118 cm³/mol. The molecule has 26 heavy (non-hydrogen) atoms. The van der Waals surface area contributed by atoms with Crippen LogP contribution >= 0.6 is 24.0 Å². The Morgan fingerprint density at radius 1 is 1.19 bits per heavy atom. The topological polar surface area (TPSA) is 63.5 Å². The number of hydrogen-bond donors (Lipinski definition) is 2. The lowest BCUT2D eigenvalue weighted by atomic mass is 10.1. The lowest BCUT2D eigenvalue weighted by Crippen LogP contribution is -2.39. The van der Waals surface area contributed by atoms with E-state index in [2.05, 4.69) is 25.2 Å². The molecule has 1 saturated carbocycles. The molecule has 0 amide bonds. The van der Waals surface area contributed by atoms with E-state index in [0.29, 0.717) is 6.10 Å². The maximum absolute atomic E-state index is 6.00. The van der Waals surface area contributed by atoms with E-state index >= 15 is 0 Å². The van der Waals surface area contributed by atoms with Crippen molar-refractivity contribution in [3.63, 3.8) is 0 Å². The van der Waals surface area contributed by atoms with Crippen LogP contribution in [-0.4, -0.2) is 48.4 Å². The molecule has 0 unspecified atom stereocenters. The minimum absolute atomic E-state index is 0. The third kappa shape index (κ3) is 9.21. The molecule has 1 heterocycles. The summed E-state index contributed by atoms with van der Waals surface area (Å²) in [6.45, 7) is 5.56. The summed E-state index contributed by atoms with van der Waals surface area (Å²) in [5.41, 5.74) is 0. The molecule has 2 N–H and O–H groups in total. The van der Waals surface area contributed by atoms with Gasteiger partial charge < -0.3 is 19.9 Å². The van der Waals surface area contributed by atoms with Crippen molar-refractivity contribution in [2.45, 2.75) is 70.9 Å². The number of unbranched alkanes of at least 4 members (excludes halogenated alkanes) is 1. The first kappa shape index (κ1) is 23.2. The Labute approximate surface area is 175 Å². The van der Waals surface area contributed by atoms with Crippen LogP contribution in [-0.2, 0) is 11.3 Å². The molecule has 1 fully saturated rings. The molecule has 0 radical (unpaired) electrons. The molecule has 0 bridgehead atoms. The van der Waals surface area contributed by atoms with E-state index in [1.807, 2.05) is 26.4 Å². The molecular formula is C19H36IN5O. The minimum Gasteiger partial charge on any atom is -0.376 e. The van der Waals surface area contributed by atoms with E-state index in [-0.39, 0.29) is 24.0 Å². The molecule has 0 spiro atoms. The average molecular weight is 477 g/mol. The third-order valence-corrected chi connectivity index (χ3v) is 4.82. The Balaban J connectivity index is 0.00000338. The Morgan fingerprint density at radius 2 is 1.92 bits per heavy atom. The quantitative estimate of drug-likeness (QED) is 0.188. The zero-order chi connectivity index (χ0) is 17.7. The molecule has 150 valence electrons. The van der Waals surface area contributed by atoms with Gasteiger partial charge in [0.1, 0.15) is 5.82 Å². The predicted octanol–water partition coefficient (Wildman–Crippen LogP) is 3.49. The van der Waals surface area contributed by atoms with Gasteiger partial charge in [0.25, 0.3) is 0 Å². The molecule has 2 rings (SSSR count). The number of nitrogens with one attached hydrogen (secondary N) is 2. The summed E-state index contributed by atoms with van der Waals surface area (Å²) in [5.74, 6) is 1.95. The highest BCUT2D eigenvalue weighted by Gasteiger charge is 2.12. The van der Waals surface area contributed by atoms with E-state index in [4.69, 9.17) is 4.74 Å². The summed E-state index contributed by atoms with van der Waals surface area (Å²) in [6, 6.07) is 0. The maximum atomic E-state index is 6.00. The second-order valence-electron chi connectivity index (χ2n) is 6.79. The molecule has 0 saturated heterocycles. The third-order valence-electron chi connectivity index (χ3n) is 4.82. The van der Waals surface area contributed by atoms with Gasteiger partial charge in [0.05, 0.1) is 12.7 Å². The number of aryl methyl sites for hydroxylation is 2. The van der Waals surface area contributed by atoms with Gasteiger partial charge in [-0.25, -0.2) is 4.98 Å². The molecule has 7 heteroatoms. The Hall–Kier alpha value is -0.830. The zero-order valence-corrected chi connectivity index (χ0v) is 18.7. The van der Waals surface area contributed by atoms with Gasteiger partial charge in [0, 0.05) is 39.1 Å². The van der Waals surface area contributed by atoms with Crippen LogP contribution in [0.25, 0.3) is 0 Å². The highest BCUT2D eigenvalue weighted by molar-refractivity contribution is 14.0. The number of aromatic nitrogens is 2. The van der Waals surface area contributed by atoms with Gasteiger partial charge in [-0.1, -0.05) is 25.7 Å². The largest absolute Gasteiger partial charge is 0.376 e. The van der Waals surface area contributed by atoms with E-state index in [1.54, 1.807) is 0 Å². The van der Waals surface area contributed by atoms with Gasteiger partial charge >= 0.3 is 0 Å². The van der Waals surface area contributed by atoms with Gasteiger partial charge in [-0.15, -0.1) is 24.0 Å². The van der Waals surface area contributed by atoms with Crippen LogP contribution in [0, 0.1) is 6.92 Å². The first-order valence-electron chi connectivity index (χ1n) is 9.83. The smallest absolute Gasteiger partial charge is 0.191 e. The molecule has 1 aromatic rings. The minimum atomic E-state index is 0. The number of halogens is 1. The monoisotopic (exact) mass is 477 g/mol. The van der Waals surface area contributed by atoms with Crippen LogP contribution in [0.15, 0.2) is 17.4 Å². The fourth-order valence-corrected chi connectivity index (χ4v) is 3.28. The van der Waals surface area contributed by atoms with Crippen LogP contribution in [0.1, 0.15) is 57.2 Å². The van der Waals surface area contributed by atoms with Crippen molar-refractivity contribution in [2.75, 3.05) is 26.7 Å². The van der Waals surface area contributed by atoms with Gasteiger partial charge in [-0.2, -0.15) is 0 Å². The Bertz CT molecular complexity index is 498. The van der Waals surface area contributed by atoms with Gasteiger partial charge in [0.15, 0.2) is 5.96 Å². The molecule has 1 aliphatic carbocycles. The van der Waals surface area contributed by atoms with Crippen molar-refractivity contribution in [1.82, 2.24) is 20.2 Å². The first-order chi connectivity index (χ1) is 12.3. The van der Waals surface area contributed by atoms with Crippen LogP contribution in [0.4, 0.5) is 0 Å². The standard InChI is InChI=1S/C19H35N5O.HI/c1-17-21-12-15-24(17)14-8-7-11-22-19(20-2)23-13-16-25-18-9-5-3-4-6-10-18;/h12,15,18H,3-11,13-14,16H2,1-2H3,(H2,20,22,23);1H. The number of ether oxygens (including phenoxy) is 1. The van der Waals surface area contributed by atoms with Gasteiger partial charge in [-0.3, -0.25) is 4.99 Å². The van der Waals surface area contributed by atoms with Crippen LogP contribution in [0.3, 0.4) is 0 Å². The fraction of sp³-hybridized carbons (Fsp3) is 0.789. The number of hydrogen-bond acceptors (Lipinski definition) is 3. The Kier molecular flexibility index (Phi) is 12.7. The second kappa shape index (κ2) is 14.3. The lowest BCUT2D eigenvalue weighted by molar-refractivity contribution is 0.0468. The van der Waals surface area contributed by atoms with E-state index in [9.17, 15) is 0 Å². The zero-order valence-electron chi connectivity index (χ0n) is 16.4. The van der Waals surface area contributed by atoms with E-state index in [0.717, 1.165) is 50.9 Å². The molecule has 1 aromatic heterocycles. The number of imidazole rings is 1. The van der Waals surface area contributed by atoms with E-state index in [1.165, 1.54) is 38.5 Å². The van der Waals surface area contributed by atoms with Crippen molar-refractivity contribution < 1.29 is 4.74 Å². The van der Waals surface area contributed by atoms with Crippen LogP contribution < -0.4 is 10.6 Å². The second-order valence-corrected chi connectivity index (χ2v) is 6.79. The number of nitrogens with zero attached hydrogens (tertiary/aromatic N) is 3. The van der Waals surface area contributed by atoms with Crippen molar-refractivity contribution in [2.24, 2.45) is 4.99 Å². The molecule has 0 atom stereocenters. The summed E-state index contributed by atoms with van der Waals surface area (Å²) in [7, 11) is 1.82. The highest BCUT2D eigenvalue weighted by atomic mass is 127. The average Bonchev–Trinajstić information content (AvgIpc) is 2.86. The van der Waals surface area contributed by atoms with Crippen LogP contribution in [0.2, 0.25) is 0 Å². The van der Waals surface area contributed by atoms with Gasteiger partial charge in [0.2, 0.25) is 0 Å². The van der Waals surface area contributed by atoms with Crippen molar-refractivity contribution in [1.29, 1.82) is 0 Å². The SMILES string of the molecule is CN=C(NCCCCn1ccnc1C)NCCOC1CCCCCC1.I. The number of rotatable bonds is 9. The molecular weight excluding hydrogens is 441 g/mol. The first-order valence-corrected chi connectivity index (χ1v) is 9.83. The highest BCUT2D eigenvalue weighted by Crippen LogP contribution is 2.19. The van der Waals surface area contributed by atoms with Crippen molar-refractivity contribution in [3.05, 3.63) is 18.2 Å². The molecule has 1 aliphatic rings. The summed E-state index contributed by atoms with van der Waals surface area (Å²) in [4.78, 5) is 8.52. The lowest BCUT2D eigenvalue weighted by Gasteiger charge is -2.16. The summed E-state index contributed by atoms with van der Waals surface area (Å²) >= 11 is 0. The van der Waals surface area contributed by atoms with Crippen molar-refractivity contribution >= 4 is 29.9 Å². The van der Waals surface area contributed by atoms with Crippen LogP contribution in [0.5, 0.6) is 0 Å².